The lowest BCUT2D eigenvalue weighted by atomic mass is 9.98. The maximum absolute atomic E-state index is 12.6. The van der Waals surface area contributed by atoms with Crippen molar-refractivity contribution in [3.63, 3.8) is 0 Å². The van der Waals surface area contributed by atoms with E-state index in [4.69, 9.17) is 4.74 Å². The first kappa shape index (κ1) is 25.6. The molecule has 34 heavy (non-hydrogen) atoms. The standard InChI is InChI=1S/C26H32N2O5S/c1-26(2,14-12-23(29)27-22(24(30)31)13-15-34-3)28-25(32)33-16-21-19-10-6-4-8-17(19)18-9-5-7-11-20(18)21/h4-11,21-22H,12-16H2,1-3H3,(H,27,29)(H,28,32)(H,30,31)/t22-/m0/s1. The fraction of sp³-hybridized carbons (Fsp3) is 0.423. The molecule has 0 unspecified atom stereocenters. The van der Waals surface area contributed by atoms with Gasteiger partial charge in [-0.2, -0.15) is 11.8 Å². The van der Waals surface area contributed by atoms with Crippen molar-refractivity contribution in [2.24, 2.45) is 0 Å². The van der Waals surface area contributed by atoms with Gasteiger partial charge in [0.2, 0.25) is 5.91 Å². The van der Waals surface area contributed by atoms with E-state index in [2.05, 4.69) is 34.9 Å². The van der Waals surface area contributed by atoms with Gasteiger partial charge >= 0.3 is 12.1 Å². The number of aliphatic carboxylic acids is 1. The molecule has 0 saturated carbocycles. The zero-order valence-corrected chi connectivity index (χ0v) is 20.6. The van der Waals surface area contributed by atoms with Gasteiger partial charge in [-0.15, -0.1) is 0 Å². The number of nitrogens with one attached hydrogen (secondary N) is 2. The Kier molecular flexibility index (Phi) is 8.61. The molecule has 8 heteroatoms. The molecule has 0 aliphatic heterocycles. The van der Waals surface area contributed by atoms with Crippen molar-refractivity contribution in [1.29, 1.82) is 0 Å². The summed E-state index contributed by atoms with van der Waals surface area (Å²) >= 11 is 1.53. The zero-order chi connectivity index (χ0) is 24.7. The second-order valence-corrected chi connectivity index (χ2v) is 10.1. The Morgan fingerprint density at radius 1 is 1.06 bits per heavy atom. The maximum Gasteiger partial charge on any atom is 0.407 e. The van der Waals surface area contributed by atoms with Gasteiger partial charge in [0.05, 0.1) is 0 Å². The van der Waals surface area contributed by atoms with E-state index in [1.165, 1.54) is 11.8 Å². The Balaban J connectivity index is 1.51. The van der Waals surface area contributed by atoms with E-state index in [0.717, 1.165) is 22.3 Å². The lowest BCUT2D eigenvalue weighted by molar-refractivity contribution is -0.141. The average molecular weight is 485 g/mol. The van der Waals surface area contributed by atoms with Gasteiger partial charge < -0.3 is 20.5 Å². The van der Waals surface area contributed by atoms with Crippen LogP contribution in [-0.2, 0) is 14.3 Å². The molecule has 3 N–H and O–H groups in total. The highest BCUT2D eigenvalue weighted by molar-refractivity contribution is 7.98. The number of hydrogen-bond acceptors (Lipinski definition) is 5. The third kappa shape index (κ3) is 6.53. The first-order chi connectivity index (χ1) is 16.2. The SMILES string of the molecule is CSCC[C@H](NC(=O)CCC(C)(C)NC(=O)OCC1c2ccccc2-c2ccccc21)C(=O)O. The van der Waals surface area contributed by atoms with E-state index in [1.807, 2.05) is 44.4 Å². The molecule has 0 bridgehead atoms. The predicted octanol–water partition coefficient (Wildman–Crippen LogP) is 4.41. The highest BCUT2D eigenvalue weighted by Crippen LogP contribution is 2.44. The minimum Gasteiger partial charge on any atom is -0.480 e. The smallest absolute Gasteiger partial charge is 0.407 e. The topological polar surface area (TPSA) is 105 Å². The summed E-state index contributed by atoms with van der Waals surface area (Å²) in [5.74, 6) is -0.776. The minimum atomic E-state index is -1.04. The van der Waals surface area contributed by atoms with Crippen LogP contribution in [0.25, 0.3) is 11.1 Å². The summed E-state index contributed by atoms with van der Waals surface area (Å²) in [5, 5.41) is 14.7. The molecule has 0 heterocycles. The number of thioether (sulfide) groups is 1. The number of carbonyl (C=O) groups is 3. The van der Waals surface area contributed by atoms with E-state index in [9.17, 15) is 19.5 Å². The summed E-state index contributed by atoms with van der Waals surface area (Å²) in [6.07, 6.45) is 2.15. The first-order valence-corrected chi connectivity index (χ1v) is 12.8. The number of carbonyl (C=O) groups excluding carboxylic acids is 2. The van der Waals surface area contributed by atoms with Crippen LogP contribution in [0.2, 0.25) is 0 Å². The molecule has 0 radical (unpaired) electrons. The van der Waals surface area contributed by atoms with Crippen molar-refractivity contribution in [2.75, 3.05) is 18.6 Å². The molecule has 182 valence electrons. The summed E-state index contributed by atoms with van der Waals surface area (Å²) in [7, 11) is 0. The number of carboxylic acid groups (broad SMARTS) is 1. The molecule has 7 nitrogen and oxygen atoms in total. The molecule has 1 aliphatic rings. The number of benzene rings is 2. The normalized spacial score (nSPS) is 13.5. The van der Waals surface area contributed by atoms with Gasteiger partial charge in [-0.25, -0.2) is 9.59 Å². The Morgan fingerprint density at radius 2 is 1.65 bits per heavy atom. The summed E-state index contributed by atoms with van der Waals surface area (Å²) in [5.41, 5.74) is 3.91. The maximum atomic E-state index is 12.6. The Labute approximate surface area is 204 Å². The molecule has 0 fully saturated rings. The van der Waals surface area contributed by atoms with E-state index < -0.39 is 23.6 Å². The number of ether oxygens (including phenoxy) is 1. The van der Waals surface area contributed by atoms with Crippen molar-refractivity contribution in [1.82, 2.24) is 10.6 Å². The number of fused-ring (bicyclic) bond motifs is 3. The quantitative estimate of drug-likeness (QED) is 0.437. The van der Waals surface area contributed by atoms with Crippen LogP contribution < -0.4 is 10.6 Å². The van der Waals surface area contributed by atoms with Gasteiger partial charge in [-0.3, -0.25) is 4.79 Å². The summed E-state index contributed by atoms with van der Waals surface area (Å²) < 4.78 is 5.59. The summed E-state index contributed by atoms with van der Waals surface area (Å²) in [4.78, 5) is 36.1. The molecule has 3 rings (SSSR count). The van der Waals surface area contributed by atoms with Crippen LogP contribution in [-0.4, -0.2) is 53.3 Å². The zero-order valence-electron chi connectivity index (χ0n) is 19.8. The second kappa shape index (κ2) is 11.4. The number of carboxylic acids is 1. The van der Waals surface area contributed by atoms with Crippen molar-refractivity contribution >= 4 is 29.7 Å². The van der Waals surface area contributed by atoms with Crippen molar-refractivity contribution in [2.45, 2.75) is 50.6 Å². The average Bonchev–Trinajstić information content (AvgIpc) is 3.12. The Bertz CT molecular complexity index is 994. The van der Waals surface area contributed by atoms with Crippen LogP contribution in [0.15, 0.2) is 48.5 Å². The monoisotopic (exact) mass is 484 g/mol. The summed E-state index contributed by atoms with van der Waals surface area (Å²) in [6, 6.07) is 15.4. The van der Waals surface area contributed by atoms with Gasteiger partial charge in [0.1, 0.15) is 12.6 Å². The van der Waals surface area contributed by atoms with Crippen LogP contribution in [0.1, 0.15) is 50.2 Å². The molecule has 1 aliphatic carbocycles. The van der Waals surface area contributed by atoms with Crippen LogP contribution in [0, 0.1) is 0 Å². The van der Waals surface area contributed by atoms with Crippen LogP contribution in [0.3, 0.4) is 0 Å². The molecule has 1 atom stereocenters. The number of rotatable bonds is 11. The number of hydrogen-bond donors (Lipinski definition) is 3. The van der Waals surface area contributed by atoms with Crippen LogP contribution in [0.4, 0.5) is 4.79 Å². The first-order valence-electron chi connectivity index (χ1n) is 11.4. The number of alkyl carbamates (subject to hydrolysis) is 1. The van der Waals surface area contributed by atoms with E-state index in [1.54, 1.807) is 0 Å². The lowest BCUT2D eigenvalue weighted by Crippen LogP contribution is -2.46. The van der Waals surface area contributed by atoms with Gasteiger partial charge in [0, 0.05) is 17.9 Å². The minimum absolute atomic E-state index is 0.0266. The molecular formula is C26H32N2O5S. The van der Waals surface area contributed by atoms with Gasteiger partial charge in [-0.05, 0) is 61.0 Å². The second-order valence-electron chi connectivity index (χ2n) is 9.07. The molecule has 2 aromatic rings. The number of amides is 2. The van der Waals surface area contributed by atoms with E-state index in [-0.39, 0.29) is 24.9 Å². The highest BCUT2D eigenvalue weighted by Gasteiger charge is 2.30. The molecule has 0 spiro atoms. The van der Waals surface area contributed by atoms with Crippen LogP contribution in [0.5, 0.6) is 0 Å². The van der Waals surface area contributed by atoms with Crippen molar-refractivity contribution < 1.29 is 24.2 Å². The van der Waals surface area contributed by atoms with E-state index in [0.29, 0.717) is 18.6 Å². The van der Waals surface area contributed by atoms with Crippen molar-refractivity contribution in [3.8, 4) is 11.1 Å². The summed E-state index contributed by atoms with van der Waals surface area (Å²) in [6.45, 7) is 3.83. The lowest BCUT2D eigenvalue weighted by Gasteiger charge is -2.26. The van der Waals surface area contributed by atoms with Gasteiger partial charge in [0.15, 0.2) is 0 Å². The Hall–Kier alpha value is -3.00. The fourth-order valence-electron chi connectivity index (χ4n) is 4.16. The molecule has 0 aromatic heterocycles. The van der Waals surface area contributed by atoms with Crippen molar-refractivity contribution in [3.05, 3.63) is 59.7 Å². The molecule has 2 amide bonds. The third-order valence-corrected chi connectivity index (χ3v) is 6.65. The fourth-order valence-corrected chi connectivity index (χ4v) is 4.63. The molecular weight excluding hydrogens is 452 g/mol. The predicted molar refractivity (Wildman–Crippen MR) is 134 cm³/mol. The van der Waals surface area contributed by atoms with E-state index >= 15 is 0 Å². The molecule has 0 saturated heterocycles. The van der Waals surface area contributed by atoms with Crippen LogP contribution >= 0.6 is 11.8 Å². The third-order valence-electron chi connectivity index (χ3n) is 6.01. The highest BCUT2D eigenvalue weighted by atomic mass is 32.2. The van der Waals surface area contributed by atoms with Gasteiger partial charge in [-0.1, -0.05) is 48.5 Å². The van der Waals surface area contributed by atoms with Gasteiger partial charge in [0.25, 0.3) is 0 Å². The molecule has 2 aromatic carbocycles. The largest absolute Gasteiger partial charge is 0.480 e. The Morgan fingerprint density at radius 3 is 2.21 bits per heavy atom.